The number of fused-ring (bicyclic) bond motifs is 1. The summed E-state index contributed by atoms with van der Waals surface area (Å²) in [6, 6.07) is 13.6. The van der Waals surface area contributed by atoms with Gasteiger partial charge in [0.25, 0.3) is 0 Å². The van der Waals surface area contributed by atoms with Gasteiger partial charge >= 0.3 is 0 Å². The number of hydrogen-bond donors (Lipinski definition) is 1. The molecule has 2 heteroatoms. The van der Waals surface area contributed by atoms with E-state index in [9.17, 15) is 0 Å². The van der Waals surface area contributed by atoms with Gasteiger partial charge in [-0.15, -0.1) is 0 Å². The molecule has 2 aromatic carbocycles. The summed E-state index contributed by atoms with van der Waals surface area (Å²) in [4.78, 5) is 0. The zero-order chi connectivity index (χ0) is 12.8. The van der Waals surface area contributed by atoms with Crippen molar-refractivity contribution in [3.8, 4) is 0 Å². The quantitative estimate of drug-likeness (QED) is 0.821. The van der Waals surface area contributed by atoms with Gasteiger partial charge in [0.2, 0.25) is 0 Å². The molecule has 0 heterocycles. The molecule has 0 spiro atoms. The lowest BCUT2D eigenvalue weighted by atomic mass is 10.0. The van der Waals surface area contributed by atoms with Gasteiger partial charge in [0.05, 0.1) is 0 Å². The second-order valence-corrected chi connectivity index (χ2v) is 6.64. The second-order valence-electron chi connectivity index (χ2n) is 5.73. The largest absolute Gasteiger partial charge is 0.382 e. The van der Waals surface area contributed by atoms with Gasteiger partial charge in [-0.1, -0.05) is 35.0 Å². The first kappa shape index (κ1) is 12.0. The Morgan fingerprint density at radius 3 is 2.50 bits per heavy atom. The summed E-state index contributed by atoms with van der Waals surface area (Å²) < 4.78 is 1.13. The highest BCUT2D eigenvalue weighted by molar-refractivity contribution is 9.10. The Balaban J connectivity index is 1.87. The Bertz CT molecular complexity index is 587. The molecule has 94 valence electrons. The molecular weight excluding hydrogens is 286 g/mol. The number of anilines is 1. The maximum Gasteiger partial charge on any atom is 0.0348 e. The third-order valence-electron chi connectivity index (χ3n) is 4.27. The van der Waals surface area contributed by atoms with Crippen molar-refractivity contribution in [2.45, 2.75) is 32.7 Å². The van der Waals surface area contributed by atoms with E-state index in [2.05, 4.69) is 71.5 Å². The number of nitrogens with one attached hydrogen (secondary N) is 1. The molecule has 0 radical (unpaired) electrons. The molecule has 1 N–H and O–H groups in total. The summed E-state index contributed by atoms with van der Waals surface area (Å²) in [6.07, 6.45) is 2.70. The van der Waals surface area contributed by atoms with Crippen LogP contribution in [-0.4, -0.2) is 6.04 Å². The minimum atomic E-state index is 0.509. The van der Waals surface area contributed by atoms with Gasteiger partial charge in [-0.3, -0.25) is 0 Å². The topological polar surface area (TPSA) is 12.0 Å². The van der Waals surface area contributed by atoms with E-state index in [1.54, 1.807) is 0 Å². The molecule has 1 atom stereocenters. The van der Waals surface area contributed by atoms with E-state index in [1.165, 1.54) is 29.3 Å². The molecule has 0 amide bonds. The van der Waals surface area contributed by atoms with Crippen molar-refractivity contribution in [3.05, 3.63) is 40.9 Å². The van der Waals surface area contributed by atoms with Crippen LogP contribution in [0.3, 0.4) is 0 Å². The number of rotatable bonds is 3. The lowest BCUT2D eigenvalue weighted by molar-refractivity contribution is 0.493. The SMILES string of the molecule is CC(Nc1ccc2cc(Br)ccc2c1)C1(C)CC1. The van der Waals surface area contributed by atoms with Gasteiger partial charge in [-0.25, -0.2) is 0 Å². The van der Waals surface area contributed by atoms with Gasteiger partial charge < -0.3 is 5.32 Å². The molecule has 2 aromatic rings. The van der Waals surface area contributed by atoms with E-state index in [-0.39, 0.29) is 0 Å². The number of halogens is 1. The summed E-state index contributed by atoms with van der Waals surface area (Å²) in [5, 5.41) is 6.21. The van der Waals surface area contributed by atoms with Crippen molar-refractivity contribution in [1.82, 2.24) is 0 Å². The zero-order valence-corrected chi connectivity index (χ0v) is 12.4. The summed E-state index contributed by atoms with van der Waals surface area (Å²) in [5.41, 5.74) is 1.74. The van der Waals surface area contributed by atoms with E-state index in [4.69, 9.17) is 0 Å². The Morgan fingerprint density at radius 2 is 1.78 bits per heavy atom. The smallest absolute Gasteiger partial charge is 0.0348 e. The summed E-state index contributed by atoms with van der Waals surface area (Å²) in [6.45, 7) is 4.65. The Labute approximate surface area is 117 Å². The predicted molar refractivity (Wildman–Crippen MR) is 82.1 cm³/mol. The lowest BCUT2D eigenvalue weighted by Gasteiger charge is -2.21. The molecule has 1 aliphatic rings. The minimum absolute atomic E-state index is 0.509. The van der Waals surface area contributed by atoms with Crippen molar-refractivity contribution in [1.29, 1.82) is 0 Å². The Kier molecular flexibility index (Phi) is 2.86. The van der Waals surface area contributed by atoms with Crippen LogP contribution in [0.4, 0.5) is 5.69 Å². The van der Waals surface area contributed by atoms with E-state index >= 15 is 0 Å². The van der Waals surface area contributed by atoms with Crippen LogP contribution in [0, 0.1) is 5.41 Å². The monoisotopic (exact) mass is 303 g/mol. The maximum atomic E-state index is 3.64. The van der Waals surface area contributed by atoms with Crippen LogP contribution < -0.4 is 5.32 Å². The van der Waals surface area contributed by atoms with Crippen LogP contribution in [0.25, 0.3) is 10.8 Å². The molecule has 1 nitrogen and oxygen atoms in total. The van der Waals surface area contributed by atoms with Gasteiger partial charge in [-0.2, -0.15) is 0 Å². The molecule has 0 bridgehead atoms. The molecule has 3 rings (SSSR count). The molecule has 1 aliphatic carbocycles. The van der Waals surface area contributed by atoms with Gasteiger partial charge in [0, 0.05) is 16.2 Å². The van der Waals surface area contributed by atoms with Crippen molar-refractivity contribution in [2.75, 3.05) is 5.32 Å². The van der Waals surface area contributed by atoms with E-state index in [0.717, 1.165) is 4.47 Å². The normalized spacial score (nSPS) is 18.6. The van der Waals surface area contributed by atoms with Crippen molar-refractivity contribution in [2.24, 2.45) is 5.41 Å². The third-order valence-corrected chi connectivity index (χ3v) is 4.76. The van der Waals surface area contributed by atoms with Crippen LogP contribution in [0.1, 0.15) is 26.7 Å². The van der Waals surface area contributed by atoms with E-state index < -0.39 is 0 Å². The van der Waals surface area contributed by atoms with E-state index in [1.807, 2.05) is 0 Å². The van der Waals surface area contributed by atoms with Crippen LogP contribution in [0.15, 0.2) is 40.9 Å². The fourth-order valence-electron chi connectivity index (χ4n) is 2.36. The molecule has 18 heavy (non-hydrogen) atoms. The highest BCUT2D eigenvalue weighted by Crippen LogP contribution is 2.48. The highest BCUT2D eigenvalue weighted by atomic mass is 79.9. The highest BCUT2D eigenvalue weighted by Gasteiger charge is 2.42. The molecule has 0 aromatic heterocycles. The predicted octanol–water partition coefficient (Wildman–Crippen LogP) is 5.20. The van der Waals surface area contributed by atoms with Crippen LogP contribution in [0.5, 0.6) is 0 Å². The summed E-state index contributed by atoms with van der Waals surface area (Å²) >= 11 is 3.51. The van der Waals surface area contributed by atoms with Gasteiger partial charge in [-0.05, 0) is 60.2 Å². The second kappa shape index (κ2) is 4.27. The first-order valence-corrected chi connectivity index (χ1v) is 7.32. The maximum absolute atomic E-state index is 3.64. The molecule has 0 saturated heterocycles. The molecular formula is C16H18BrN. The minimum Gasteiger partial charge on any atom is -0.382 e. The molecule has 1 unspecified atom stereocenters. The fourth-order valence-corrected chi connectivity index (χ4v) is 2.74. The van der Waals surface area contributed by atoms with Crippen molar-refractivity contribution < 1.29 is 0 Å². The number of benzene rings is 2. The standard InChI is InChI=1S/C16H18BrN/c1-11(16(2)7-8-16)18-15-6-4-12-9-14(17)5-3-13(12)10-15/h3-6,9-11,18H,7-8H2,1-2H3. The van der Waals surface area contributed by atoms with Gasteiger partial charge in [0.15, 0.2) is 0 Å². The van der Waals surface area contributed by atoms with Crippen molar-refractivity contribution in [3.63, 3.8) is 0 Å². The van der Waals surface area contributed by atoms with Crippen LogP contribution in [-0.2, 0) is 0 Å². The first-order valence-electron chi connectivity index (χ1n) is 6.53. The van der Waals surface area contributed by atoms with Crippen molar-refractivity contribution >= 4 is 32.4 Å². The van der Waals surface area contributed by atoms with Crippen LogP contribution in [0.2, 0.25) is 0 Å². The van der Waals surface area contributed by atoms with E-state index in [0.29, 0.717) is 11.5 Å². The first-order chi connectivity index (χ1) is 8.57. The van der Waals surface area contributed by atoms with Crippen LogP contribution >= 0.6 is 15.9 Å². The fraction of sp³-hybridized carbons (Fsp3) is 0.375. The Hall–Kier alpha value is -1.02. The summed E-state index contributed by atoms with van der Waals surface area (Å²) in [5.74, 6) is 0. The van der Waals surface area contributed by atoms with Gasteiger partial charge in [0.1, 0.15) is 0 Å². The summed E-state index contributed by atoms with van der Waals surface area (Å²) in [7, 11) is 0. The average Bonchev–Trinajstić information content (AvgIpc) is 3.09. The Morgan fingerprint density at radius 1 is 1.11 bits per heavy atom. The molecule has 1 fully saturated rings. The average molecular weight is 304 g/mol. The number of hydrogen-bond acceptors (Lipinski definition) is 1. The molecule has 0 aliphatic heterocycles. The zero-order valence-electron chi connectivity index (χ0n) is 10.8. The third kappa shape index (κ3) is 2.26. The lowest BCUT2D eigenvalue weighted by Crippen LogP contribution is -2.24. The molecule has 1 saturated carbocycles.